The molecular formula is C23H29N3O4. The maximum Gasteiger partial charge on any atom is 0.240 e. The predicted molar refractivity (Wildman–Crippen MR) is 118 cm³/mol. The summed E-state index contributed by atoms with van der Waals surface area (Å²) in [6.07, 6.45) is 1.66. The van der Waals surface area contributed by atoms with Crippen LogP contribution in [0.4, 0.5) is 5.69 Å². The molecule has 7 heteroatoms. The van der Waals surface area contributed by atoms with Gasteiger partial charge in [-0.3, -0.25) is 9.59 Å². The molecule has 7 nitrogen and oxygen atoms in total. The van der Waals surface area contributed by atoms with E-state index in [0.29, 0.717) is 24.8 Å². The van der Waals surface area contributed by atoms with Gasteiger partial charge in [0.25, 0.3) is 0 Å². The van der Waals surface area contributed by atoms with Crippen LogP contribution in [0, 0.1) is 5.92 Å². The fourth-order valence-corrected chi connectivity index (χ4v) is 2.40. The normalized spacial score (nSPS) is 10.8. The van der Waals surface area contributed by atoms with E-state index in [2.05, 4.69) is 29.7 Å². The molecule has 0 aliphatic heterocycles. The van der Waals surface area contributed by atoms with Crippen molar-refractivity contribution in [2.75, 3.05) is 18.5 Å². The second-order valence-corrected chi connectivity index (χ2v) is 7.07. The van der Waals surface area contributed by atoms with E-state index in [1.54, 1.807) is 30.5 Å². The van der Waals surface area contributed by atoms with Crippen LogP contribution in [0.3, 0.4) is 0 Å². The number of rotatable bonds is 11. The molecule has 2 rings (SSSR count). The van der Waals surface area contributed by atoms with E-state index in [4.69, 9.17) is 9.47 Å². The number of hydrogen-bond acceptors (Lipinski definition) is 5. The number of ether oxygens (including phenoxy) is 2. The van der Waals surface area contributed by atoms with Crippen molar-refractivity contribution < 1.29 is 19.1 Å². The van der Waals surface area contributed by atoms with Gasteiger partial charge in [0.1, 0.15) is 11.5 Å². The van der Waals surface area contributed by atoms with Gasteiger partial charge in [-0.15, -0.1) is 0 Å². The second-order valence-electron chi connectivity index (χ2n) is 7.07. The van der Waals surface area contributed by atoms with Gasteiger partial charge in [-0.05, 0) is 66.9 Å². The molecule has 0 bridgehead atoms. The molecule has 2 aromatic rings. The summed E-state index contributed by atoms with van der Waals surface area (Å²) in [6.45, 7) is 7.34. The summed E-state index contributed by atoms with van der Waals surface area (Å²) in [5.41, 5.74) is 3.92. The Labute approximate surface area is 177 Å². The minimum atomic E-state index is -0.329. The Bertz CT molecular complexity index is 831. The van der Waals surface area contributed by atoms with E-state index in [1.165, 1.54) is 0 Å². The van der Waals surface area contributed by atoms with Crippen molar-refractivity contribution in [2.24, 2.45) is 11.0 Å². The van der Waals surface area contributed by atoms with Crippen molar-refractivity contribution in [3.63, 3.8) is 0 Å². The van der Waals surface area contributed by atoms with Gasteiger partial charge >= 0.3 is 0 Å². The minimum absolute atomic E-state index is 0.0438. The molecule has 0 saturated carbocycles. The molecule has 0 fully saturated rings. The van der Waals surface area contributed by atoms with E-state index in [0.717, 1.165) is 17.1 Å². The number of carbonyl (C=O) groups excluding carboxylic acids is 2. The maximum atomic E-state index is 12.0. The highest BCUT2D eigenvalue weighted by molar-refractivity contribution is 5.93. The van der Waals surface area contributed by atoms with Gasteiger partial charge in [0.15, 0.2) is 0 Å². The SMILES string of the molecule is CCOc1ccc(NC(=O)CCC(=O)NN=Cc2ccc(OCC(C)C)cc2)cc1. The summed E-state index contributed by atoms with van der Waals surface area (Å²) in [6, 6.07) is 14.5. The first-order chi connectivity index (χ1) is 14.5. The van der Waals surface area contributed by atoms with E-state index >= 15 is 0 Å². The van der Waals surface area contributed by atoms with Crippen molar-refractivity contribution in [3.05, 3.63) is 54.1 Å². The van der Waals surface area contributed by atoms with Gasteiger partial charge in [-0.2, -0.15) is 5.10 Å². The Hall–Kier alpha value is -3.35. The zero-order chi connectivity index (χ0) is 21.8. The van der Waals surface area contributed by atoms with Crippen LogP contribution in [0.5, 0.6) is 11.5 Å². The molecule has 160 valence electrons. The number of hydrazone groups is 1. The van der Waals surface area contributed by atoms with Crippen LogP contribution in [0.2, 0.25) is 0 Å². The highest BCUT2D eigenvalue weighted by Crippen LogP contribution is 2.16. The molecule has 0 atom stereocenters. The number of carbonyl (C=O) groups is 2. The Kier molecular flexibility index (Phi) is 9.37. The van der Waals surface area contributed by atoms with Gasteiger partial charge in [0.2, 0.25) is 11.8 Å². The molecular weight excluding hydrogens is 382 g/mol. The smallest absolute Gasteiger partial charge is 0.240 e. The van der Waals surface area contributed by atoms with Crippen LogP contribution in [0.1, 0.15) is 39.2 Å². The second kappa shape index (κ2) is 12.3. The van der Waals surface area contributed by atoms with Crippen LogP contribution in [0.15, 0.2) is 53.6 Å². The molecule has 30 heavy (non-hydrogen) atoms. The molecule has 2 amide bonds. The Balaban J connectivity index is 1.69. The van der Waals surface area contributed by atoms with E-state index in [9.17, 15) is 9.59 Å². The number of hydrogen-bond donors (Lipinski definition) is 2. The quantitative estimate of drug-likeness (QED) is 0.432. The van der Waals surface area contributed by atoms with Crippen molar-refractivity contribution >= 4 is 23.7 Å². The van der Waals surface area contributed by atoms with Crippen LogP contribution in [0.25, 0.3) is 0 Å². The summed E-state index contributed by atoms with van der Waals surface area (Å²) in [7, 11) is 0. The number of nitrogens with one attached hydrogen (secondary N) is 2. The average Bonchev–Trinajstić information content (AvgIpc) is 2.73. The first kappa shape index (κ1) is 22.9. The largest absolute Gasteiger partial charge is 0.494 e. The third-order valence-corrected chi connectivity index (χ3v) is 3.89. The fraction of sp³-hybridized carbons (Fsp3) is 0.348. The first-order valence-electron chi connectivity index (χ1n) is 10.0. The van der Waals surface area contributed by atoms with Gasteiger partial charge in [-0.25, -0.2) is 5.43 Å². The van der Waals surface area contributed by atoms with Crippen LogP contribution in [-0.4, -0.2) is 31.2 Å². The summed E-state index contributed by atoms with van der Waals surface area (Å²) in [5.74, 6) is 1.43. The topological polar surface area (TPSA) is 89.0 Å². The molecule has 0 aromatic heterocycles. The van der Waals surface area contributed by atoms with Gasteiger partial charge in [-0.1, -0.05) is 13.8 Å². The zero-order valence-corrected chi connectivity index (χ0v) is 17.7. The molecule has 0 aliphatic rings. The Morgan fingerprint density at radius 3 is 2.17 bits per heavy atom. The van der Waals surface area contributed by atoms with Crippen molar-refractivity contribution in [3.8, 4) is 11.5 Å². The lowest BCUT2D eigenvalue weighted by Crippen LogP contribution is -2.20. The van der Waals surface area contributed by atoms with Crippen LogP contribution >= 0.6 is 0 Å². The standard InChI is InChI=1S/C23H29N3O4/c1-4-29-20-11-7-19(8-12-20)25-22(27)13-14-23(28)26-24-15-18-5-9-21(10-6-18)30-16-17(2)3/h5-12,15,17H,4,13-14,16H2,1-3H3,(H,25,27)(H,26,28). The molecule has 0 aliphatic carbocycles. The Morgan fingerprint density at radius 2 is 1.53 bits per heavy atom. The van der Waals surface area contributed by atoms with Gasteiger partial charge < -0.3 is 14.8 Å². The molecule has 0 spiro atoms. The highest BCUT2D eigenvalue weighted by atomic mass is 16.5. The summed E-state index contributed by atoms with van der Waals surface area (Å²) in [5, 5.41) is 6.67. The number of benzene rings is 2. The summed E-state index contributed by atoms with van der Waals surface area (Å²) < 4.78 is 11.0. The third-order valence-electron chi connectivity index (χ3n) is 3.89. The van der Waals surface area contributed by atoms with E-state index in [-0.39, 0.29) is 24.7 Å². The van der Waals surface area contributed by atoms with Crippen molar-refractivity contribution in [2.45, 2.75) is 33.6 Å². The average molecular weight is 412 g/mol. The maximum absolute atomic E-state index is 12.0. The zero-order valence-electron chi connectivity index (χ0n) is 17.7. The number of amides is 2. The van der Waals surface area contributed by atoms with Crippen LogP contribution < -0.4 is 20.2 Å². The summed E-state index contributed by atoms with van der Waals surface area (Å²) in [4.78, 5) is 23.8. The third kappa shape index (κ3) is 8.77. The van der Waals surface area contributed by atoms with Crippen LogP contribution in [-0.2, 0) is 9.59 Å². The molecule has 0 heterocycles. The highest BCUT2D eigenvalue weighted by Gasteiger charge is 2.07. The number of nitrogens with zero attached hydrogens (tertiary/aromatic N) is 1. The van der Waals surface area contributed by atoms with Gasteiger partial charge in [0, 0.05) is 18.5 Å². The molecule has 0 radical (unpaired) electrons. The molecule has 0 unspecified atom stereocenters. The lowest BCUT2D eigenvalue weighted by Gasteiger charge is -2.08. The molecule has 2 aromatic carbocycles. The van der Waals surface area contributed by atoms with Crippen molar-refractivity contribution in [1.82, 2.24) is 5.43 Å². The van der Waals surface area contributed by atoms with Crippen molar-refractivity contribution in [1.29, 1.82) is 0 Å². The lowest BCUT2D eigenvalue weighted by molar-refractivity contribution is -0.124. The predicted octanol–water partition coefficient (Wildman–Crippen LogP) is 3.99. The molecule has 0 saturated heterocycles. The summed E-state index contributed by atoms with van der Waals surface area (Å²) >= 11 is 0. The molecule has 2 N–H and O–H groups in total. The monoisotopic (exact) mass is 411 g/mol. The fourth-order valence-electron chi connectivity index (χ4n) is 2.40. The lowest BCUT2D eigenvalue weighted by atomic mass is 10.2. The minimum Gasteiger partial charge on any atom is -0.494 e. The first-order valence-corrected chi connectivity index (χ1v) is 10.0. The Morgan fingerprint density at radius 1 is 0.933 bits per heavy atom. The van der Waals surface area contributed by atoms with E-state index < -0.39 is 0 Å². The van der Waals surface area contributed by atoms with Gasteiger partial charge in [0.05, 0.1) is 19.4 Å². The number of anilines is 1. The van der Waals surface area contributed by atoms with E-state index in [1.807, 2.05) is 31.2 Å².